The van der Waals surface area contributed by atoms with Gasteiger partial charge in [0.2, 0.25) is 0 Å². The average Bonchev–Trinajstić information content (AvgIpc) is 3.85. The summed E-state index contributed by atoms with van der Waals surface area (Å²) >= 11 is 1.82. The third-order valence-electron chi connectivity index (χ3n) is 12.2. The van der Waals surface area contributed by atoms with E-state index >= 15 is 0 Å². The molecule has 0 atom stereocenters. The van der Waals surface area contributed by atoms with Crippen molar-refractivity contribution in [3.8, 4) is 39.9 Å². The summed E-state index contributed by atoms with van der Waals surface area (Å²) in [5.74, 6) is 1.92. The Morgan fingerprint density at radius 2 is 0.933 bits per heavy atom. The maximum absolute atomic E-state index is 5.46. The minimum atomic E-state index is 0.631. The molecule has 0 radical (unpaired) electrons. The molecule has 4 nitrogen and oxygen atoms in total. The van der Waals surface area contributed by atoms with Crippen molar-refractivity contribution in [3.05, 3.63) is 194 Å². The zero-order valence-corrected chi connectivity index (χ0v) is 33.0. The van der Waals surface area contributed by atoms with Gasteiger partial charge in [0, 0.05) is 47.6 Å². The van der Waals surface area contributed by atoms with E-state index in [0.29, 0.717) is 17.5 Å². The van der Waals surface area contributed by atoms with Crippen LogP contribution in [0.3, 0.4) is 0 Å². The molecule has 0 amide bonds. The Morgan fingerprint density at radius 1 is 0.333 bits per heavy atom. The summed E-state index contributed by atoms with van der Waals surface area (Å²) in [6.07, 6.45) is 0. The molecule has 13 aromatic rings. The smallest absolute Gasteiger partial charge is 0.164 e. The third-order valence-corrected chi connectivity index (χ3v) is 13.3. The molecule has 60 heavy (non-hydrogen) atoms. The lowest BCUT2D eigenvalue weighted by Crippen LogP contribution is -2.02. The summed E-state index contributed by atoms with van der Waals surface area (Å²) in [7, 11) is 0. The second-order valence-corrected chi connectivity index (χ2v) is 16.6. The second kappa shape index (κ2) is 12.9. The molecule has 0 saturated heterocycles. The summed E-state index contributed by atoms with van der Waals surface area (Å²) in [5, 5.41) is 14.2. The SMILES string of the molecule is c1ccc2cc3c(cc2c1)c1ccccc1n3-c1cc(-c2nc(-c3cccc4ccccc34)nc(-c3cc4ccccc4c4ccccc34)n2)cc2sc3ccccc3c12. The van der Waals surface area contributed by atoms with E-state index in [-0.39, 0.29) is 0 Å². The largest absolute Gasteiger partial charge is 0.309 e. The van der Waals surface area contributed by atoms with Gasteiger partial charge in [0.15, 0.2) is 17.5 Å². The van der Waals surface area contributed by atoms with Crippen LogP contribution in [-0.4, -0.2) is 19.5 Å². The van der Waals surface area contributed by atoms with Crippen LogP contribution in [-0.2, 0) is 0 Å². The number of rotatable bonds is 4. The Hall–Kier alpha value is -7.73. The Balaban J connectivity index is 1.15. The van der Waals surface area contributed by atoms with Gasteiger partial charge in [0.25, 0.3) is 0 Å². The first-order chi connectivity index (χ1) is 29.7. The monoisotopic (exact) mass is 780 g/mol. The standard InChI is InChI=1S/C55H32N4S/c1-2-16-35-30-48-45(28-34(35)15-1)42-23-9-11-26-47(42)59(48)49-31-37(32-51-52(49)44-24-10-12-27-50(44)60-51)53-56-54(43-25-13-18-33-14-3-5-19-38(33)43)58-55(57-53)46-29-36-17-4-6-20-39(36)40-21-7-8-22-41(40)46/h1-32H. The fourth-order valence-corrected chi connectivity index (χ4v) is 10.6. The van der Waals surface area contributed by atoms with E-state index in [0.717, 1.165) is 49.4 Å². The molecule has 5 heteroatoms. The lowest BCUT2D eigenvalue weighted by Gasteiger charge is -2.15. The van der Waals surface area contributed by atoms with Crippen molar-refractivity contribution in [3.63, 3.8) is 0 Å². The fraction of sp³-hybridized carbons (Fsp3) is 0. The van der Waals surface area contributed by atoms with E-state index in [1.54, 1.807) is 0 Å². The lowest BCUT2D eigenvalue weighted by molar-refractivity contribution is 1.08. The molecule has 0 N–H and O–H groups in total. The Kier molecular flexibility index (Phi) is 7.14. The van der Waals surface area contributed by atoms with Crippen molar-refractivity contribution in [1.82, 2.24) is 19.5 Å². The molecule has 278 valence electrons. The van der Waals surface area contributed by atoms with Crippen molar-refractivity contribution < 1.29 is 0 Å². The van der Waals surface area contributed by atoms with E-state index in [1.165, 1.54) is 58.0 Å². The second-order valence-electron chi connectivity index (χ2n) is 15.6. The lowest BCUT2D eigenvalue weighted by atomic mass is 9.96. The van der Waals surface area contributed by atoms with Gasteiger partial charge >= 0.3 is 0 Å². The zero-order valence-electron chi connectivity index (χ0n) is 32.2. The van der Waals surface area contributed by atoms with Crippen LogP contribution in [0, 0.1) is 0 Å². The number of hydrogen-bond donors (Lipinski definition) is 0. The normalized spacial score (nSPS) is 12.0. The highest BCUT2D eigenvalue weighted by molar-refractivity contribution is 7.26. The van der Waals surface area contributed by atoms with Crippen molar-refractivity contribution in [2.24, 2.45) is 0 Å². The number of aromatic nitrogens is 4. The van der Waals surface area contributed by atoms with Crippen LogP contribution >= 0.6 is 11.3 Å². The van der Waals surface area contributed by atoms with Crippen LogP contribution in [0.1, 0.15) is 0 Å². The molecular weight excluding hydrogens is 749 g/mol. The first kappa shape index (κ1) is 33.3. The molecule has 0 spiro atoms. The van der Waals surface area contributed by atoms with Gasteiger partial charge in [-0.25, -0.2) is 15.0 Å². The van der Waals surface area contributed by atoms with Crippen LogP contribution in [0.4, 0.5) is 0 Å². The van der Waals surface area contributed by atoms with E-state index in [9.17, 15) is 0 Å². The zero-order chi connectivity index (χ0) is 39.3. The Labute approximate surface area is 348 Å². The molecule has 0 unspecified atom stereocenters. The molecule has 0 fully saturated rings. The van der Waals surface area contributed by atoms with Crippen molar-refractivity contribution >= 4 is 96.4 Å². The number of nitrogens with zero attached hydrogens (tertiary/aromatic N) is 4. The maximum Gasteiger partial charge on any atom is 0.164 e. The fourth-order valence-electron chi connectivity index (χ4n) is 9.46. The minimum Gasteiger partial charge on any atom is -0.309 e. The molecule has 0 aliphatic heterocycles. The summed E-state index contributed by atoms with van der Waals surface area (Å²) in [5.41, 5.74) is 6.32. The summed E-state index contributed by atoms with van der Waals surface area (Å²) in [6.45, 7) is 0. The molecule has 3 aromatic heterocycles. The Bertz CT molecular complexity index is 3910. The van der Waals surface area contributed by atoms with Crippen molar-refractivity contribution in [1.29, 1.82) is 0 Å². The third kappa shape index (κ3) is 5.00. The molecule has 13 rings (SSSR count). The molecule has 0 aliphatic rings. The number of benzene rings is 10. The maximum atomic E-state index is 5.46. The first-order valence-corrected chi connectivity index (χ1v) is 21.1. The van der Waals surface area contributed by atoms with Crippen molar-refractivity contribution in [2.75, 3.05) is 0 Å². The van der Waals surface area contributed by atoms with Crippen molar-refractivity contribution in [2.45, 2.75) is 0 Å². The first-order valence-electron chi connectivity index (χ1n) is 20.3. The van der Waals surface area contributed by atoms with E-state index in [1.807, 2.05) is 11.3 Å². The molecule has 0 bridgehead atoms. The summed E-state index contributed by atoms with van der Waals surface area (Å²) in [6, 6.07) is 69.8. The molecule has 3 heterocycles. The quantitative estimate of drug-likeness (QED) is 0.167. The van der Waals surface area contributed by atoms with Crippen LogP contribution in [0.15, 0.2) is 194 Å². The molecule has 0 saturated carbocycles. The van der Waals surface area contributed by atoms with Gasteiger partial charge in [-0.1, -0.05) is 152 Å². The minimum absolute atomic E-state index is 0.631. The van der Waals surface area contributed by atoms with Crippen LogP contribution in [0.5, 0.6) is 0 Å². The number of hydrogen-bond acceptors (Lipinski definition) is 4. The van der Waals surface area contributed by atoms with E-state index < -0.39 is 0 Å². The molecule has 10 aromatic carbocycles. The van der Waals surface area contributed by atoms with Gasteiger partial charge in [-0.15, -0.1) is 11.3 Å². The highest BCUT2D eigenvalue weighted by Gasteiger charge is 2.22. The molecular formula is C55H32N4S. The topological polar surface area (TPSA) is 43.6 Å². The highest BCUT2D eigenvalue weighted by atomic mass is 32.1. The summed E-state index contributed by atoms with van der Waals surface area (Å²) < 4.78 is 4.89. The van der Waals surface area contributed by atoms with Gasteiger partial charge in [-0.3, -0.25) is 0 Å². The predicted molar refractivity (Wildman–Crippen MR) is 253 cm³/mol. The van der Waals surface area contributed by atoms with E-state index in [4.69, 9.17) is 15.0 Å². The average molecular weight is 781 g/mol. The van der Waals surface area contributed by atoms with Gasteiger partial charge in [-0.05, 0) is 85.6 Å². The predicted octanol–water partition coefficient (Wildman–Crippen LogP) is 15.0. The van der Waals surface area contributed by atoms with Gasteiger partial charge in [0.1, 0.15) is 0 Å². The summed E-state index contributed by atoms with van der Waals surface area (Å²) in [4.78, 5) is 16.2. The van der Waals surface area contributed by atoms with Crippen LogP contribution in [0.25, 0.3) is 125 Å². The number of thiophene rings is 1. The highest BCUT2D eigenvalue weighted by Crippen LogP contribution is 2.44. The van der Waals surface area contributed by atoms with Gasteiger partial charge in [-0.2, -0.15) is 0 Å². The number of fused-ring (bicyclic) bond motifs is 11. The van der Waals surface area contributed by atoms with Crippen LogP contribution < -0.4 is 0 Å². The number of para-hydroxylation sites is 1. The van der Waals surface area contributed by atoms with E-state index in [2.05, 4.69) is 199 Å². The van der Waals surface area contributed by atoms with Gasteiger partial charge in [0.05, 0.1) is 16.7 Å². The molecule has 0 aliphatic carbocycles. The van der Waals surface area contributed by atoms with Crippen LogP contribution in [0.2, 0.25) is 0 Å². The van der Waals surface area contributed by atoms with Gasteiger partial charge < -0.3 is 4.57 Å². The Morgan fingerprint density at radius 3 is 1.77 bits per heavy atom.